The molecule has 2 aromatic carbocycles. The fourth-order valence-corrected chi connectivity index (χ4v) is 1.87. The zero-order valence-electron chi connectivity index (χ0n) is 10.2. The summed E-state index contributed by atoms with van der Waals surface area (Å²) in [5.74, 6) is 0. The molecule has 2 rings (SSSR count). The summed E-state index contributed by atoms with van der Waals surface area (Å²) in [5, 5.41) is 5.89. The van der Waals surface area contributed by atoms with Gasteiger partial charge >= 0.3 is 0 Å². The summed E-state index contributed by atoms with van der Waals surface area (Å²) in [7, 11) is 0. The molecule has 18 heavy (non-hydrogen) atoms. The molecule has 0 saturated heterocycles. The van der Waals surface area contributed by atoms with Gasteiger partial charge < -0.3 is 0 Å². The lowest BCUT2D eigenvalue weighted by atomic mass is 10.0. The second-order valence-corrected chi connectivity index (χ2v) is 4.19. The highest BCUT2D eigenvalue weighted by Crippen LogP contribution is 2.29. The topological polar surface area (TPSA) is 58.9 Å². The van der Waals surface area contributed by atoms with Gasteiger partial charge in [0.15, 0.2) is 0 Å². The second kappa shape index (κ2) is 4.87. The van der Waals surface area contributed by atoms with Crippen molar-refractivity contribution in [3.8, 4) is 11.1 Å². The standard InChI is InChI=1S/C14H12N2O2/c1-9-7-11(3-5-13(9)15-17)12-4-6-14(16-18)10(2)8-12/h3-8H,1-2H3. The van der Waals surface area contributed by atoms with Gasteiger partial charge in [-0.05, 0) is 70.7 Å². The van der Waals surface area contributed by atoms with Crippen LogP contribution >= 0.6 is 0 Å². The van der Waals surface area contributed by atoms with E-state index in [4.69, 9.17) is 0 Å². The van der Waals surface area contributed by atoms with Crippen molar-refractivity contribution in [2.75, 3.05) is 0 Å². The van der Waals surface area contributed by atoms with E-state index >= 15 is 0 Å². The van der Waals surface area contributed by atoms with Crippen LogP contribution in [0.4, 0.5) is 11.4 Å². The molecule has 0 spiro atoms. The summed E-state index contributed by atoms with van der Waals surface area (Å²) < 4.78 is 0. The lowest BCUT2D eigenvalue weighted by molar-refractivity contribution is 1.37. The van der Waals surface area contributed by atoms with E-state index in [0.717, 1.165) is 22.3 Å². The lowest BCUT2D eigenvalue weighted by Gasteiger charge is -2.06. The third kappa shape index (κ3) is 2.18. The van der Waals surface area contributed by atoms with Gasteiger partial charge in [0.25, 0.3) is 0 Å². The maximum Gasteiger partial charge on any atom is 0.110 e. The molecular formula is C14H12N2O2. The Morgan fingerprint density at radius 3 is 1.39 bits per heavy atom. The molecular weight excluding hydrogens is 228 g/mol. The first-order valence-corrected chi connectivity index (χ1v) is 5.54. The molecule has 0 N–H and O–H groups in total. The average molecular weight is 240 g/mol. The number of benzene rings is 2. The summed E-state index contributed by atoms with van der Waals surface area (Å²) in [5.41, 5.74) is 4.53. The molecule has 0 bridgehead atoms. The van der Waals surface area contributed by atoms with Gasteiger partial charge in [0.2, 0.25) is 0 Å². The molecule has 2 aromatic rings. The summed E-state index contributed by atoms with van der Waals surface area (Å²) in [6.45, 7) is 3.68. The molecule has 0 aliphatic carbocycles. The Kier molecular flexibility index (Phi) is 3.28. The number of nitrogens with zero attached hydrogens (tertiary/aromatic N) is 2. The predicted octanol–water partition coefficient (Wildman–Crippen LogP) is 4.77. The fourth-order valence-electron chi connectivity index (χ4n) is 1.87. The number of hydrogen-bond acceptors (Lipinski definition) is 4. The van der Waals surface area contributed by atoms with Crippen LogP contribution in [-0.2, 0) is 0 Å². The third-order valence-electron chi connectivity index (χ3n) is 2.92. The molecule has 0 atom stereocenters. The largest absolute Gasteiger partial charge is 0.145 e. The average Bonchev–Trinajstić information content (AvgIpc) is 2.38. The van der Waals surface area contributed by atoms with Crippen molar-refractivity contribution < 1.29 is 0 Å². The highest BCUT2D eigenvalue weighted by molar-refractivity contribution is 5.70. The number of aryl methyl sites for hydroxylation is 2. The SMILES string of the molecule is Cc1cc(-c2ccc(N=O)c(C)c2)ccc1N=O. The number of nitroso groups, excluding NO2 is 2. The van der Waals surface area contributed by atoms with Gasteiger partial charge in [0, 0.05) is 0 Å². The Labute approximate surface area is 105 Å². The third-order valence-corrected chi connectivity index (χ3v) is 2.92. The second-order valence-electron chi connectivity index (χ2n) is 4.19. The quantitative estimate of drug-likeness (QED) is 0.725. The van der Waals surface area contributed by atoms with Crippen LogP contribution in [0, 0.1) is 23.7 Å². The fraction of sp³-hybridized carbons (Fsp3) is 0.143. The highest BCUT2D eigenvalue weighted by atomic mass is 16.3. The normalized spacial score (nSPS) is 10.1. The van der Waals surface area contributed by atoms with E-state index in [-0.39, 0.29) is 0 Å². The molecule has 0 unspecified atom stereocenters. The Morgan fingerprint density at radius 2 is 1.11 bits per heavy atom. The van der Waals surface area contributed by atoms with Crippen molar-refractivity contribution >= 4 is 11.4 Å². The van der Waals surface area contributed by atoms with Crippen LogP contribution in [0.3, 0.4) is 0 Å². The summed E-state index contributed by atoms with van der Waals surface area (Å²) in [4.78, 5) is 21.0. The van der Waals surface area contributed by atoms with E-state index in [1.54, 1.807) is 12.1 Å². The van der Waals surface area contributed by atoms with Crippen LogP contribution in [-0.4, -0.2) is 0 Å². The predicted molar refractivity (Wildman–Crippen MR) is 72.3 cm³/mol. The summed E-state index contributed by atoms with van der Waals surface area (Å²) in [6, 6.07) is 10.9. The van der Waals surface area contributed by atoms with Crippen LogP contribution in [0.2, 0.25) is 0 Å². The molecule has 90 valence electrons. The maximum atomic E-state index is 10.5. The molecule has 0 aliphatic heterocycles. The van der Waals surface area contributed by atoms with E-state index in [2.05, 4.69) is 10.4 Å². The van der Waals surface area contributed by atoms with Crippen LogP contribution in [0.25, 0.3) is 11.1 Å². The first-order chi connectivity index (χ1) is 8.65. The minimum absolute atomic E-state index is 0.446. The molecule has 0 saturated carbocycles. The Morgan fingerprint density at radius 1 is 0.722 bits per heavy atom. The van der Waals surface area contributed by atoms with E-state index in [0.29, 0.717) is 11.4 Å². The molecule has 0 aliphatic rings. The molecule has 0 amide bonds. The van der Waals surface area contributed by atoms with Crippen LogP contribution in [0.15, 0.2) is 46.8 Å². The minimum Gasteiger partial charge on any atom is -0.145 e. The van der Waals surface area contributed by atoms with E-state index in [9.17, 15) is 9.81 Å². The Balaban J connectivity index is 2.48. The number of hydrogen-bond donors (Lipinski definition) is 0. The van der Waals surface area contributed by atoms with Crippen molar-refractivity contribution in [1.82, 2.24) is 0 Å². The van der Waals surface area contributed by atoms with Gasteiger partial charge in [-0.2, -0.15) is 0 Å². The lowest BCUT2D eigenvalue weighted by Crippen LogP contribution is -1.82. The summed E-state index contributed by atoms with van der Waals surface area (Å²) in [6.07, 6.45) is 0. The van der Waals surface area contributed by atoms with Gasteiger partial charge in [-0.25, -0.2) is 0 Å². The van der Waals surface area contributed by atoms with Crippen LogP contribution < -0.4 is 0 Å². The van der Waals surface area contributed by atoms with Gasteiger partial charge in [0.05, 0.1) is 0 Å². The first-order valence-electron chi connectivity index (χ1n) is 5.54. The van der Waals surface area contributed by atoms with Crippen molar-refractivity contribution in [3.63, 3.8) is 0 Å². The van der Waals surface area contributed by atoms with Gasteiger partial charge in [-0.1, -0.05) is 12.1 Å². The zero-order valence-corrected chi connectivity index (χ0v) is 10.2. The van der Waals surface area contributed by atoms with Crippen molar-refractivity contribution in [2.24, 2.45) is 10.4 Å². The van der Waals surface area contributed by atoms with Crippen LogP contribution in [0.5, 0.6) is 0 Å². The van der Waals surface area contributed by atoms with E-state index in [1.807, 2.05) is 38.1 Å². The van der Waals surface area contributed by atoms with Gasteiger partial charge in [-0.15, -0.1) is 9.81 Å². The van der Waals surface area contributed by atoms with Crippen molar-refractivity contribution in [2.45, 2.75) is 13.8 Å². The smallest absolute Gasteiger partial charge is 0.110 e. The Bertz CT molecular complexity index is 566. The summed E-state index contributed by atoms with van der Waals surface area (Å²) >= 11 is 0. The zero-order chi connectivity index (χ0) is 13.1. The maximum absolute atomic E-state index is 10.5. The Hall–Kier alpha value is -2.36. The molecule has 0 aromatic heterocycles. The van der Waals surface area contributed by atoms with Crippen molar-refractivity contribution in [3.05, 3.63) is 57.3 Å². The molecule has 0 fully saturated rings. The van der Waals surface area contributed by atoms with E-state index in [1.165, 1.54) is 0 Å². The molecule has 0 heterocycles. The molecule has 4 heteroatoms. The highest BCUT2D eigenvalue weighted by Gasteiger charge is 2.05. The van der Waals surface area contributed by atoms with E-state index < -0.39 is 0 Å². The molecule has 0 radical (unpaired) electrons. The van der Waals surface area contributed by atoms with Gasteiger partial charge in [0.1, 0.15) is 11.4 Å². The van der Waals surface area contributed by atoms with Gasteiger partial charge in [-0.3, -0.25) is 0 Å². The minimum atomic E-state index is 0.446. The number of rotatable bonds is 3. The monoisotopic (exact) mass is 240 g/mol. The molecule has 4 nitrogen and oxygen atoms in total. The van der Waals surface area contributed by atoms with Crippen LogP contribution in [0.1, 0.15) is 11.1 Å². The van der Waals surface area contributed by atoms with Crippen molar-refractivity contribution in [1.29, 1.82) is 0 Å². The first kappa shape index (κ1) is 12.1.